The molecule has 0 aliphatic heterocycles. The number of amides is 1. The normalized spacial score (nSPS) is 12.0. The van der Waals surface area contributed by atoms with Crippen LogP contribution in [0.25, 0.3) is 0 Å². The minimum atomic E-state index is 0.0781. The molecule has 1 aromatic rings. The number of nitrogens with zero attached hydrogens (tertiary/aromatic N) is 1. The Bertz CT molecular complexity index is 417. The summed E-state index contributed by atoms with van der Waals surface area (Å²) < 4.78 is 5.61. The molecule has 0 fully saturated rings. The number of hydrogen-bond donors (Lipinski definition) is 0. The van der Waals surface area contributed by atoms with E-state index >= 15 is 0 Å². The smallest absolute Gasteiger partial charge is 0.260 e. The first kappa shape index (κ1) is 16.5. The van der Waals surface area contributed by atoms with Crippen LogP contribution in [0.1, 0.15) is 45.6 Å². The van der Waals surface area contributed by atoms with E-state index in [9.17, 15) is 4.79 Å². The van der Waals surface area contributed by atoms with Crippen LogP contribution >= 0.6 is 0 Å². The number of hydrogen-bond acceptors (Lipinski definition) is 2. The zero-order valence-corrected chi connectivity index (χ0v) is 13.2. The molecule has 0 spiro atoms. The highest BCUT2D eigenvalue weighted by atomic mass is 16.5. The molecule has 0 aliphatic rings. The number of ether oxygens (including phenoxy) is 1. The van der Waals surface area contributed by atoms with Crippen molar-refractivity contribution in [1.29, 1.82) is 0 Å². The second-order valence-electron chi connectivity index (χ2n) is 5.30. The summed E-state index contributed by atoms with van der Waals surface area (Å²) >= 11 is 0. The molecule has 0 aromatic heterocycles. The maximum absolute atomic E-state index is 12.3. The third kappa shape index (κ3) is 5.24. The molecule has 0 radical (unpaired) electrons. The molecule has 3 heteroatoms. The topological polar surface area (TPSA) is 29.5 Å². The number of rotatable bonds is 8. The van der Waals surface area contributed by atoms with Crippen LogP contribution in [0.4, 0.5) is 0 Å². The maximum atomic E-state index is 12.3. The quantitative estimate of drug-likeness (QED) is 0.723. The Morgan fingerprint density at radius 3 is 2.70 bits per heavy atom. The fourth-order valence-electron chi connectivity index (χ4n) is 2.07. The van der Waals surface area contributed by atoms with Gasteiger partial charge in [-0.1, -0.05) is 32.4 Å². The fraction of sp³-hybridized carbons (Fsp3) is 0.588. The van der Waals surface area contributed by atoms with Crippen molar-refractivity contribution in [3.63, 3.8) is 0 Å². The van der Waals surface area contributed by atoms with E-state index in [0.717, 1.165) is 37.1 Å². The van der Waals surface area contributed by atoms with Gasteiger partial charge in [-0.25, -0.2) is 0 Å². The molecule has 1 rings (SSSR count). The molecule has 0 saturated heterocycles. The van der Waals surface area contributed by atoms with Gasteiger partial charge in [-0.3, -0.25) is 4.79 Å². The van der Waals surface area contributed by atoms with E-state index in [0.29, 0.717) is 0 Å². The third-order valence-electron chi connectivity index (χ3n) is 3.55. The molecule has 0 heterocycles. The molecule has 0 aliphatic carbocycles. The molecule has 0 saturated carbocycles. The van der Waals surface area contributed by atoms with E-state index in [2.05, 4.69) is 20.8 Å². The van der Waals surface area contributed by atoms with E-state index in [1.54, 1.807) is 0 Å². The summed E-state index contributed by atoms with van der Waals surface area (Å²) in [5.74, 6) is 0.840. The monoisotopic (exact) mass is 277 g/mol. The number of benzene rings is 1. The van der Waals surface area contributed by atoms with Gasteiger partial charge in [0, 0.05) is 12.6 Å². The first-order valence-corrected chi connectivity index (χ1v) is 7.57. The van der Waals surface area contributed by atoms with Crippen molar-refractivity contribution in [1.82, 2.24) is 4.90 Å². The van der Waals surface area contributed by atoms with Gasteiger partial charge in [-0.05, 0) is 44.4 Å². The Morgan fingerprint density at radius 1 is 1.35 bits per heavy atom. The molecule has 20 heavy (non-hydrogen) atoms. The lowest BCUT2D eigenvalue weighted by atomic mass is 10.2. The summed E-state index contributed by atoms with van der Waals surface area (Å²) in [6.45, 7) is 9.31. The highest BCUT2D eigenvalue weighted by molar-refractivity contribution is 5.78. The Hall–Kier alpha value is -1.51. The average molecular weight is 277 g/mol. The summed E-state index contributed by atoms with van der Waals surface area (Å²) in [6, 6.07) is 8.07. The van der Waals surface area contributed by atoms with Gasteiger partial charge in [-0.2, -0.15) is 0 Å². The van der Waals surface area contributed by atoms with E-state index in [-0.39, 0.29) is 18.6 Å². The minimum absolute atomic E-state index is 0.0781. The van der Waals surface area contributed by atoms with Gasteiger partial charge in [0.25, 0.3) is 5.91 Å². The number of aryl methyl sites for hydroxylation is 1. The van der Waals surface area contributed by atoms with E-state index in [1.165, 1.54) is 0 Å². The van der Waals surface area contributed by atoms with Gasteiger partial charge in [0.15, 0.2) is 6.61 Å². The van der Waals surface area contributed by atoms with Crippen molar-refractivity contribution in [2.75, 3.05) is 13.2 Å². The predicted molar refractivity (Wildman–Crippen MR) is 83.0 cm³/mol. The van der Waals surface area contributed by atoms with E-state index in [1.807, 2.05) is 36.1 Å². The Morgan fingerprint density at radius 2 is 2.10 bits per heavy atom. The van der Waals surface area contributed by atoms with Gasteiger partial charge in [-0.15, -0.1) is 0 Å². The maximum Gasteiger partial charge on any atom is 0.260 e. The summed E-state index contributed by atoms with van der Waals surface area (Å²) in [5, 5.41) is 0. The Balaban J connectivity index is 2.57. The molecule has 1 amide bonds. The van der Waals surface area contributed by atoms with Crippen LogP contribution in [0.3, 0.4) is 0 Å². The van der Waals surface area contributed by atoms with Crippen LogP contribution in [-0.4, -0.2) is 30.0 Å². The third-order valence-corrected chi connectivity index (χ3v) is 3.55. The minimum Gasteiger partial charge on any atom is -0.484 e. The fourth-order valence-corrected chi connectivity index (χ4v) is 2.07. The van der Waals surface area contributed by atoms with Gasteiger partial charge in [0.2, 0.25) is 0 Å². The van der Waals surface area contributed by atoms with Crippen LogP contribution in [0.5, 0.6) is 5.75 Å². The molecule has 0 bridgehead atoms. The van der Waals surface area contributed by atoms with Crippen molar-refractivity contribution in [2.45, 2.75) is 53.0 Å². The molecule has 1 atom stereocenters. The van der Waals surface area contributed by atoms with Crippen molar-refractivity contribution in [3.05, 3.63) is 29.8 Å². The summed E-state index contributed by atoms with van der Waals surface area (Å²) in [5.41, 5.74) is 1.14. The Labute approximate surface area is 122 Å². The predicted octanol–water partition coefficient (Wildman–Crippen LogP) is 3.80. The highest BCUT2D eigenvalue weighted by Crippen LogP contribution is 2.13. The zero-order chi connectivity index (χ0) is 15.0. The molecule has 0 N–H and O–H groups in total. The zero-order valence-electron chi connectivity index (χ0n) is 13.2. The lowest BCUT2D eigenvalue weighted by Crippen LogP contribution is -2.41. The van der Waals surface area contributed by atoms with Crippen LogP contribution in [0.15, 0.2) is 24.3 Å². The average Bonchev–Trinajstić information content (AvgIpc) is 2.45. The van der Waals surface area contributed by atoms with Gasteiger partial charge < -0.3 is 9.64 Å². The Kier molecular flexibility index (Phi) is 7.13. The molecular weight excluding hydrogens is 250 g/mol. The summed E-state index contributed by atoms with van der Waals surface area (Å²) in [7, 11) is 0. The van der Waals surface area contributed by atoms with Crippen LogP contribution in [0, 0.1) is 6.92 Å². The van der Waals surface area contributed by atoms with Crippen molar-refractivity contribution in [3.8, 4) is 5.75 Å². The summed E-state index contributed by atoms with van der Waals surface area (Å²) in [4.78, 5) is 14.3. The van der Waals surface area contributed by atoms with Gasteiger partial charge in [0.05, 0.1) is 0 Å². The van der Waals surface area contributed by atoms with E-state index in [4.69, 9.17) is 4.74 Å². The number of carbonyl (C=O) groups excluding carboxylic acids is 1. The largest absolute Gasteiger partial charge is 0.484 e. The number of carbonyl (C=O) groups is 1. The van der Waals surface area contributed by atoms with Gasteiger partial charge in [0.1, 0.15) is 5.75 Å². The first-order valence-electron chi connectivity index (χ1n) is 7.57. The van der Waals surface area contributed by atoms with Crippen LogP contribution in [-0.2, 0) is 4.79 Å². The molecule has 1 unspecified atom stereocenters. The highest BCUT2D eigenvalue weighted by Gasteiger charge is 2.18. The standard InChI is InChI=1S/C17H27NO2/c1-5-7-11-18(15(4)6-2)17(19)13-20-16-10-8-9-14(3)12-16/h8-10,12,15H,5-7,11,13H2,1-4H3. The van der Waals surface area contributed by atoms with Crippen molar-refractivity contribution in [2.24, 2.45) is 0 Å². The lowest BCUT2D eigenvalue weighted by molar-refractivity contribution is -0.135. The van der Waals surface area contributed by atoms with Crippen molar-refractivity contribution >= 4 is 5.91 Å². The van der Waals surface area contributed by atoms with Gasteiger partial charge >= 0.3 is 0 Å². The second kappa shape index (κ2) is 8.62. The number of unbranched alkanes of at least 4 members (excludes halogenated alkanes) is 1. The second-order valence-corrected chi connectivity index (χ2v) is 5.30. The van der Waals surface area contributed by atoms with E-state index < -0.39 is 0 Å². The van der Waals surface area contributed by atoms with Crippen LogP contribution in [0.2, 0.25) is 0 Å². The molecular formula is C17H27NO2. The molecule has 112 valence electrons. The van der Waals surface area contributed by atoms with Crippen LogP contribution < -0.4 is 4.74 Å². The molecule has 3 nitrogen and oxygen atoms in total. The molecule has 1 aromatic carbocycles. The lowest BCUT2D eigenvalue weighted by Gasteiger charge is -2.28. The SMILES string of the molecule is CCCCN(C(=O)COc1cccc(C)c1)C(C)CC. The van der Waals surface area contributed by atoms with Crippen molar-refractivity contribution < 1.29 is 9.53 Å². The summed E-state index contributed by atoms with van der Waals surface area (Å²) in [6.07, 6.45) is 3.11. The first-order chi connectivity index (χ1) is 9.58.